The lowest BCUT2D eigenvalue weighted by atomic mass is 10.1. The maximum Gasteiger partial charge on any atom is 0.228 e. The Bertz CT molecular complexity index is 520. The van der Waals surface area contributed by atoms with Crippen LogP contribution in [0.5, 0.6) is 0 Å². The predicted molar refractivity (Wildman–Crippen MR) is 123 cm³/mol. The number of halogens is 3. The molecule has 0 bridgehead atoms. The number of hydrogen-bond donors (Lipinski definition) is 2. The van der Waals surface area contributed by atoms with Crippen LogP contribution in [0.15, 0.2) is 30.3 Å². The molecular weight excluding hydrogens is 415 g/mol. The van der Waals surface area contributed by atoms with Crippen molar-refractivity contribution >= 4 is 46.4 Å². The van der Waals surface area contributed by atoms with Crippen LogP contribution in [0.3, 0.4) is 0 Å². The average molecular weight is 450 g/mol. The van der Waals surface area contributed by atoms with Crippen LogP contribution in [0, 0.1) is 0 Å². The molecule has 0 saturated heterocycles. The van der Waals surface area contributed by atoms with Crippen LogP contribution in [0.25, 0.3) is 0 Å². The van der Waals surface area contributed by atoms with E-state index in [4.69, 9.17) is 34.8 Å². The molecule has 6 heteroatoms. The third-order valence-electron chi connectivity index (χ3n) is 4.72. The van der Waals surface area contributed by atoms with Gasteiger partial charge in [-0.05, 0) is 18.6 Å². The first-order chi connectivity index (χ1) is 13.4. The molecule has 0 radical (unpaired) electrons. The monoisotopic (exact) mass is 448 g/mol. The average Bonchev–Trinajstić information content (AvgIpc) is 2.65. The van der Waals surface area contributed by atoms with E-state index >= 15 is 0 Å². The summed E-state index contributed by atoms with van der Waals surface area (Å²) in [5.41, 5.74) is 0.786. The zero-order valence-electron chi connectivity index (χ0n) is 17.0. The van der Waals surface area contributed by atoms with Gasteiger partial charge in [-0.1, -0.05) is 124 Å². The number of nitrogens with one attached hydrogen (secondary N) is 2. The zero-order chi connectivity index (χ0) is 20.7. The molecule has 0 saturated carbocycles. The third kappa shape index (κ3) is 12.7. The van der Waals surface area contributed by atoms with E-state index < -0.39 is 9.96 Å². The second-order valence-corrected chi connectivity index (χ2v) is 9.71. The summed E-state index contributed by atoms with van der Waals surface area (Å²) in [6.45, 7) is 2.25. The Morgan fingerprint density at radius 2 is 1.36 bits per heavy atom. The fraction of sp³-hybridized carbons (Fsp3) is 0.682. The van der Waals surface area contributed by atoms with Gasteiger partial charge in [0.2, 0.25) is 9.70 Å². The highest BCUT2D eigenvalue weighted by Crippen LogP contribution is 2.31. The molecule has 1 aromatic carbocycles. The van der Waals surface area contributed by atoms with Gasteiger partial charge in [0.1, 0.15) is 6.17 Å². The summed E-state index contributed by atoms with van der Waals surface area (Å²) >= 11 is 18.1. The molecule has 1 amide bonds. The lowest BCUT2D eigenvalue weighted by Crippen LogP contribution is -2.49. The topological polar surface area (TPSA) is 41.1 Å². The molecule has 160 valence electrons. The minimum atomic E-state index is -1.64. The van der Waals surface area contributed by atoms with E-state index in [9.17, 15) is 4.79 Å². The SMILES string of the molecule is CCCCCCCCCCCCCC(=O)NC(Nc1ccccc1)C(Cl)(Cl)Cl. The van der Waals surface area contributed by atoms with E-state index in [1.54, 1.807) is 0 Å². The molecule has 1 rings (SSSR count). The van der Waals surface area contributed by atoms with Gasteiger partial charge in [0, 0.05) is 12.1 Å². The minimum absolute atomic E-state index is 0.101. The standard InChI is InChI=1S/C22H35Cl3N2O/c1-2-3-4-5-6-7-8-9-10-11-15-18-20(28)27-21(22(23,24)25)26-19-16-13-12-14-17-19/h12-14,16-17,21,26H,2-11,15,18H2,1H3,(H,27,28). The number of unbranched alkanes of at least 4 members (excludes halogenated alkanes) is 10. The maximum atomic E-state index is 12.2. The Kier molecular flexibility index (Phi) is 13.8. The van der Waals surface area contributed by atoms with Gasteiger partial charge in [0.15, 0.2) is 0 Å². The number of hydrogen-bond acceptors (Lipinski definition) is 2. The number of alkyl halides is 3. The minimum Gasteiger partial charge on any atom is -0.362 e. The van der Waals surface area contributed by atoms with Crippen LogP contribution in [0.1, 0.15) is 84.0 Å². The molecule has 3 nitrogen and oxygen atoms in total. The molecule has 2 N–H and O–H groups in total. The highest BCUT2D eigenvalue weighted by molar-refractivity contribution is 6.68. The van der Waals surface area contributed by atoms with Crippen LogP contribution in [-0.2, 0) is 4.79 Å². The van der Waals surface area contributed by atoms with Crippen molar-refractivity contribution in [1.29, 1.82) is 0 Å². The maximum absolute atomic E-state index is 12.2. The number of amides is 1. The number of rotatable bonds is 15. The van der Waals surface area contributed by atoms with Crippen molar-refractivity contribution < 1.29 is 4.79 Å². The van der Waals surface area contributed by atoms with E-state index in [0.717, 1.165) is 18.5 Å². The van der Waals surface area contributed by atoms with Crippen LogP contribution in [0.4, 0.5) is 5.69 Å². The van der Waals surface area contributed by atoms with Gasteiger partial charge in [-0.15, -0.1) is 0 Å². The van der Waals surface area contributed by atoms with Gasteiger partial charge in [-0.2, -0.15) is 0 Å². The molecular formula is C22H35Cl3N2O. The van der Waals surface area contributed by atoms with E-state index in [1.807, 2.05) is 30.3 Å². The van der Waals surface area contributed by atoms with Crippen LogP contribution < -0.4 is 10.6 Å². The van der Waals surface area contributed by atoms with Crippen molar-refractivity contribution in [2.45, 2.75) is 93.9 Å². The molecule has 0 aromatic heterocycles. The predicted octanol–water partition coefficient (Wildman–Crippen LogP) is 7.61. The Hall–Kier alpha value is -0.640. The Morgan fingerprint density at radius 3 is 1.86 bits per heavy atom. The molecule has 0 spiro atoms. The summed E-state index contributed by atoms with van der Waals surface area (Å²) in [5.74, 6) is -0.101. The lowest BCUT2D eigenvalue weighted by molar-refractivity contribution is -0.121. The largest absolute Gasteiger partial charge is 0.362 e. The van der Waals surface area contributed by atoms with Crippen molar-refractivity contribution in [3.63, 3.8) is 0 Å². The molecule has 0 aliphatic heterocycles. The van der Waals surface area contributed by atoms with E-state index in [1.165, 1.54) is 57.8 Å². The quantitative estimate of drug-likeness (QED) is 0.164. The first kappa shape index (κ1) is 25.4. The van der Waals surface area contributed by atoms with E-state index in [-0.39, 0.29) is 5.91 Å². The smallest absolute Gasteiger partial charge is 0.228 e. The summed E-state index contributed by atoms with van der Waals surface area (Å²) in [5, 5.41) is 5.86. The molecule has 1 aromatic rings. The molecule has 0 heterocycles. The molecule has 0 aliphatic carbocycles. The molecule has 1 unspecified atom stereocenters. The van der Waals surface area contributed by atoms with Crippen molar-refractivity contribution in [2.75, 3.05) is 5.32 Å². The second-order valence-electron chi connectivity index (χ2n) is 7.34. The normalized spacial score (nSPS) is 12.6. The van der Waals surface area contributed by atoms with Crippen molar-refractivity contribution in [2.24, 2.45) is 0 Å². The first-order valence-electron chi connectivity index (χ1n) is 10.6. The Balaban J connectivity index is 2.15. The fourth-order valence-electron chi connectivity index (χ4n) is 3.08. The van der Waals surface area contributed by atoms with Gasteiger partial charge < -0.3 is 10.6 Å². The summed E-state index contributed by atoms with van der Waals surface area (Å²) < 4.78 is -1.64. The fourth-order valence-corrected chi connectivity index (χ4v) is 3.41. The summed E-state index contributed by atoms with van der Waals surface area (Å²) in [6, 6.07) is 9.38. The number of carbonyl (C=O) groups excluding carboxylic acids is 1. The summed E-state index contributed by atoms with van der Waals surface area (Å²) in [7, 11) is 0. The lowest BCUT2D eigenvalue weighted by Gasteiger charge is -2.27. The Labute approximate surface area is 185 Å². The number of carbonyl (C=O) groups is 1. The van der Waals surface area contributed by atoms with Gasteiger partial charge in [-0.25, -0.2) is 0 Å². The number of anilines is 1. The molecule has 1 atom stereocenters. The van der Waals surface area contributed by atoms with Gasteiger partial charge >= 0.3 is 0 Å². The second kappa shape index (κ2) is 15.2. The molecule has 0 aliphatic rings. The van der Waals surface area contributed by atoms with Gasteiger partial charge in [-0.3, -0.25) is 4.79 Å². The molecule has 28 heavy (non-hydrogen) atoms. The van der Waals surface area contributed by atoms with E-state index in [0.29, 0.717) is 6.42 Å². The van der Waals surface area contributed by atoms with Crippen LogP contribution in [-0.4, -0.2) is 15.9 Å². The first-order valence-corrected chi connectivity index (χ1v) is 11.7. The Morgan fingerprint density at radius 1 is 0.857 bits per heavy atom. The van der Waals surface area contributed by atoms with E-state index in [2.05, 4.69) is 17.6 Å². The highest BCUT2D eigenvalue weighted by atomic mass is 35.6. The van der Waals surface area contributed by atoms with Crippen molar-refractivity contribution in [3.05, 3.63) is 30.3 Å². The highest BCUT2D eigenvalue weighted by Gasteiger charge is 2.33. The van der Waals surface area contributed by atoms with Crippen molar-refractivity contribution in [3.8, 4) is 0 Å². The summed E-state index contributed by atoms with van der Waals surface area (Å²) in [6.07, 6.45) is 13.4. The zero-order valence-corrected chi connectivity index (χ0v) is 19.3. The van der Waals surface area contributed by atoms with Crippen LogP contribution in [0.2, 0.25) is 0 Å². The summed E-state index contributed by atoms with van der Waals surface area (Å²) in [4.78, 5) is 12.2. The number of para-hydroxylation sites is 1. The van der Waals surface area contributed by atoms with Gasteiger partial charge in [0.05, 0.1) is 0 Å². The van der Waals surface area contributed by atoms with Crippen molar-refractivity contribution in [1.82, 2.24) is 5.32 Å². The van der Waals surface area contributed by atoms with Gasteiger partial charge in [0.25, 0.3) is 0 Å². The molecule has 0 fully saturated rings. The number of benzene rings is 1. The van der Waals surface area contributed by atoms with Crippen LogP contribution >= 0.6 is 34.8 Å². The third-order valence-corrected chi connectivity index (χ3v) is 5.38.